The van der Waals surface area contributed by atoms with Gasteiger partial charge >= 0.3 is 0 Å². The first-order chi connectivity index (χ1) is 7.11. The van der Waals surface area contributed by atoms with Crippen LogP contribution in [0.1, 0.15) is 26.8 Å². The summed E-state index contributed by atoms with van der Waals surface area (Å²) >= 11 is 0. The van der Waals surface area contributed by atoms with Gasteiger partial charge in [-0.25, -0.2) is 15.0 Å². The average Bonchev–Trinajstić information content (AvgIpc) is 2.52. The zero-order valence-electron chi connectivity index (χ0n) is 9.18. The summed E-state index contributed by atoms with van der Waals surface area (Å²) < 4.78 is 1.96. The van der Waals surface area contributed by atoms with Gasteiger partial charge in [0.2, 0.25) is 5.95 Å². The second kappa shape index (κ2) is 3.49. The lowest BCUT2D eigenvalue weighted by Gasteiger charge is -2.18. The van der Waals surface area contributed by atoms with Crippen molar-refractivity contribution < 1.29 is 0 Å². The van der Waals surface area contributed by atoms with Gasteiger partial charge in [-0.3, -0.25) is 4.57 Å². The molecule has 0 amide bonds. The fraction of sp³-hybridized carbons (Fsp3) is 0.500. The Morgan fingerprint density at radius 2 is 2.07 bits per heavy atom. The van der Waals surface area contributed by atoms with Gasteiger partial charge in [0, 0.05) is 6.04 Å². The van der Waals surface area contributed by atoms with Crippen molar-refractivity contribution in [2.45, 2.75) is 26.8 Å². The molecule has 2 rings (SSSR count). The number of imidazole rings is 1. The maximum Gasteiger partial charge on any atom is 0.202 e. The van der Waals surface area contributed by atoms with Crippen molar-refractivity contribution in [1.29, 1.82) is 0 Å². The van der Waals surface area contributed by atoms with Gasteiger partial charge < -0.3 is 5.73 Å². The molecule has 1 unspecified atom stereocenters. The second-order valence-electron chi connectivity index (χ2n) is 4.06. The molecule has 5 nitrogen and oxygen atoms in total. The summed E-state index contributed by atoms with van der Waals surface area (Å²) in [6.07, 6.45) is 3.20. The molecule has 0 spiro atoms. The molecule has 0 aliphatic rings. The molecule has 2 aromatic rings. The van der Waals surface area contributed by atoms with E-state index in [-0.39, 0.29) is 6.04 Å². The van der Waals surface area contributed by atoms with Crippen molar-refractivity contribution in [3.05, 3.63) is 12.5 Å². The van der Waals surface area contributed by atoms with E-state index in [9.17, 15) is 0 Å². The molecule has 1 atom stereocenters. The van der Waals surface area contributed by atoms with E-state index in [4.69, 9.17) is 5.73 Å². The molecule has 2 N–H and O–H groups in total. The summed E-state index contributed by atoms with van der Waals surface area (Å²) in [4.78, 5) is 12.4. The molecular weight excluding hydrogens is 190 g/mol. The van der Waals surface area contributed by atoms with E-state index in [1.54, 1.807) is 6.20 Å². The molecule has 0 aliphatic carbocycles. The van der Waals surface area contributed by atoms with Crippen LogP contribution in [0.25, 0.3) is 11.2 Å². The number of nitrogen functional groups attached to an aromatic ring is 1. The molecule has 0 saturated heterocycles. The molecule has 0 fully saturated rings. The quantitative estimate of drug-likeness (QED) is 0.808. The van der Waals surface area contributed by atoms with Gasteiger partial charge in [-0.15, -0.1) is 0 Å². The zero-order chi connectivity index (χ0) is 11.0. The summed E-state index contributed by atoms with van der Waals surface area (Å²) in [5.41, 5.74) is 7.44. The Hall–Kier alpha value is -1.65. The van der Waals surface area contributed by atoms with Crippen molar-refractivity contribution in [2.75, 3.05) is 5.73 Å². The van der Waals surface area contributed by atoms with E-state index in [1.165, 1.54) is 6.33 Å². The number of fused-ring (bicyclic) bond motifs is 1. The van der Waals surface area contributed by atoms with Crippen LogP contribution in [0.5, 0.6) is 0 Å². The maximum absolute atomic E-state index is 5.88. The molecule has 80 valence electrons. The maximum atomic E-state index is 5.88. The number of hydrogen-bond acceptors (Lipinski definition) is 4. The number of anilines is 1. The highest BCUT2D eigenvalue weighted by Gasteiger charge is 2.17. The molecular formula is C10H15N5. The second-order valence-corrected chi connectivity index (χ2v) is 4.06. The first kappa shape index (κ1) is 9.89. The van der Waals surface area contributed by atoms with Crippen LogP contribution in [0, 0.1) is 5.92 Å². The highest BCUT2D eigenvalue weighted by atomic mass is 15.2. The fourth-order valence-corrected chi connectivity index (χ4v) is 1.57. The molecule has 0 saturated carbocycles. The standard InChI is InChI=1S/C10H15N5/c1-6(2)7(3)15-9-8(14-10(15)11)4-12-5-13-9/h4-7H,1-3H3,(H2,11,14). The van der Waals surface area contributed by atoms with Gasteiger partial charge in [-0.05, 0) is 12.8 Å². The number of hydrogen-bond donors (Lipinski definition) is 1. The highest BCUT2D eigenvalue weighted by molar-refractivity contribution is 5.72. The van der Waals surface area contributed by atoms with Crippen LogP contribution < -0.4 is 5.73 Å². The van der Waals surface area contributed by atoms with Gasteiger partial charge in [-0.2, -0.15) is 0 Å². The van der Waals surface area contributed by atoms with Crippen molar-refractivity contribution in [3.63, 3.8) is 0 Å². The predicted octanol–water partition coefficient (Wildman–Crippen LogP) is 1.63. The first-order valence-electron chi connectivity index (χ1n) is 5.04. The van der Waals surface area contributed by atoms with Gasteiger partial charge in [0.15, 0.2) is 5.65 Å². The van der Waals surface area contributed by atoms with E-state index < -0.39 is 0 Å². The lowest BCUT2D eigenvalue weighted by atomic mass is 10.1. The Labute approximate surface area is 88.4 Å². The van der Waals surface area contributed by atoms with Crippen LogP contribution >= 0.6 is 0 Å². The third-order valence-corrected chi connectivity index (χ3v) is 2.75. The average molecular weight is 205 g/mol. The molecule has 0 aromatic carbocycles. The highest BCUT2D eigenvalue weighted by Crippen LogP contribution is 2.24. The number of nitrogens with two attached hydrogens (primary N) is 1. The number of nitrogens with zero attached hydrogens (tertiary/aromatic N) is 4. The molecule has 0 radical (unpaired) electrons. The Morgan fingerprint density at radius 1 is 1.33 bits per heavy atom. The minimum atomic E-state index is 0.282. The first-order valence-corrected chi connectivity index (χ1v) is 5.04. The third-order valence-electron chi connectivity index (χ3n) is 2.75. The van der Waals surface area contributed by atoms with Gasteiger partial charge in [0.1, 0.15) is 11.8 Å². The summed E-state index contributed by atoms with van der Waals surface area (Å²) in [7, 11) is 0. The Kier molecular flexibility index (Phi) is 2.30. The van der Waals surface area contributed by atoms with E-state index in [0.29, 0.717) is 11.9 Å². The SMILES string of the molecule is CC(C)C(C)n1c(N)nc2cncnc21. The van der Waals surface area contributed by atoms with Crippen LogP contribution in [0.2, 0.25) is 0 Å². The van der Waals surface area contributed by atoms with E-state index in [0.717, 1.165) is 11.2 Å². The summed E-state index contributed by atoms with van der Waals surface area (Å²) in [5.74, 6) is 0.992. The Balaban J connectivity index is 2.63. The van der Waals surface area contributed by atoms with Crippen molar-refractivity contribution in [1.82, 2.24) is 19.5 Å². The zero-order valence-corrected chi connectivity index (χ0v) is 9.18. The van der Waals surface area contributed by atoms with Crippen LogP contribution in [-0.2, 0) is 0 Å². The molecule has 15 heavy (non-hydrogen) atoms. The topological polar surface area (TPSA) is 69.6 Å². The van der Waals surface area contributed by atoms with Gasteiger partial charge in [-0.1, -0.05) is 13.8 Å². The molecule has 2 heterocycles. The minimum Gasteiger partial charge on any atom is -0.369 e. The minimum absolute atomic E-state index is 0.282. The molecule has 0 aliphatic heterocycles. The molecule has 0 bridgehead atoms. The number of rotatable bonds is 2. The molecule has 2 aromatic heterocycles. The third kappa shape index (κ3) is 1.54. The van der Waals surface area contributed by atoms with Crippen LogP contribution in [0.4, 0.5) is 5.95 Å². The number of aromatic nitrogens is 4. The van der Waals surface area contributed by atoms with Crippen LogP contribution in [0.3, 0.4) is 0 Å². The van der Waals surface area contributed by atoms with E-state index in [2.05, 4.69) is 35.7 Å². The summed E-state index contributed by atoms with van der Waals surface area (Å²) in [6, 6.07) is 0.282. The largest absolute Gasteiger partial charge is 0.369 e. The van der Waals surface area contributed by atoms with E-state index >= 15 is 0 Å². The summed E-state index contributed by atoms with van der Waals surface area (Å²) in [6.45, 7) is 6.42. The van der Waals surface area contributed by atoms with Gasteiger partial charge in [0.25, 0.3) is 0 Å². The van der Waals surface area contributed by atoms with Crippen molar-refractivity contribution >= 4 is 17.1 Å². The Bertz CT molecular complexity index is 474. The molecule has 5 heteroatoms. The lowest BCUT2D eigenvalue weighted by Crippen LogP contribution is -2.14. The fourth-order valence-electron chi connectivity index (χ4n) is 1.57. The van der Waals surface area contributed by atoms with Crippen LogP contribution in [-0.4, -0.2) is 19.5 Å². The Morgan fingerprint density at radius 3 is 2.73 bits per heavy atom. The lowest BCUT2D eigenvalue weighted by molar-refractivity contribution is 0.419. The van der Waals surface area contributed by atoms with E-state index in [1.807, 2.05) is 4.57 Å². The van der Waals surface area contributed by atoms with Crippen LogP contribution in [0.15, 0.2) is 12.5 Å². The normalized spacial score (nSPS) is 13.6. The monoisotopic (exact) mass is 205 g/mol. The summed E-state index contributed by atoms with van der Waals surface area (Å²) in [5, 5.41) is 0. The van der Waals surface area contributed by atoms with Gasteiger partial charge in [0.05, 0.1) is 6.20 Å². The van der Waals surface area contributed by atoms with Crippen molar-refractivity contribution in [3.8, 4) is 0 Å². The predicted molar refractivity (Wildman–Crippen MR) is 59.3 cm³/mol. The van der Waals surface area contributed by atoms with Crippen molar-refractivity contribution in [2.24, 2.45) is 5.92 Å². The smallest absolute Gasteiger partial charge is 0.202 e.